The second-order valence-electron chi connectivity index (χ2n) is 18.1. The van der Waals surface area contributed by atoms with E-state index in [9.17, 15) is 41.9 Å². The number of rotatable bonds is 10. The third-order valence-corrected chi connectivity index (χ3v) is 13.5. The zero-order valence-electron chi connectivity index (χ0n) is 42.0. The van der Waals surface area contributed by atoms with Crippen LogP contribution < -0.4 is 51.6 Å². The van der Waals surface area contributed by atoms with E-state index in [1.807, 2.05) is 12.1 Å². The maximum absolute atomic E-state index is 12.7. The summed E-state index contributed by atoms with van der Waals surface area (Å²) in [6.07, 6.45) is 2.88. The maximum Gasteiger partial charge on any atom is 0.573 e. The predicted octanol–water partition coefficient (Wildman–Crippen LogP) is 7.50. The zero-order chi connectivity index (χ0) is 53.3. The van der Waals surface area contributed by atoms with E-state index in [2.05, 4.69) is 20.7 Å². The summed E-state index contributed by atoms with van der Waals surface area (Å²) >= 11 is 0. The summed E-state index contributed by atoms with van der Waals surface area (Å²) in [6, 6.07) is 26.5. The highest BCUT2D eigenvalue weighted by Crippen LogP contribution is 2.32. The molecule has 3 atom stereocenters. The average Bonchev–Trinajstić information content (AvgIpc) is 3.40. The number of nitrogens with zero attached hydrogens (tertiary/aromatic N) is 3. The number of pyridine rings is 3. The molecule has 3 aromatic heterocycles. The fraction of sp³-hybridized carbons (Fsp3) is 0.345. The lowest BCUT2D eigenvalue weighted by Crippen LogP contribution is -2.34. The van der Waals surface area contributed by atoms with Crippen LogP contribution in [0.1, 0.15) is 121 Å². The topological polar surface area (TPSA) is 190 Å². The van der Waals surface area contributed by atoms with E-state index in [4.69, 9.17) is 14.2 Å². The third kappa shape index (κ3) is 12.9. The zero-order valence-corrected chi connectivity index (χ0v) is 42.0. The van der Waals surface area contributed by atoms with Crippen LogP contribution in [-0.4, -0.2) is 59.1 Å². The Morgan fingerprint density at radius 3 is 1.11 bits per heavy atom. The Hall–Kier alpha value is -8.09. The number of ether oxygens (including phenoxy) is 4. The fourth-order valence-electron chi connectivity index (χ4n) is 9.53. The van der Waals surface area contributed by atoms with Crippen LogP contribution in [0.3, 0.4) is 0 Å². The molecule has 3 aliphatic rings. The Balaban J connectivity index is 0.000000162. The number of halogens is 3. The highest BCUT2D eigenvalue weighted by atomic mass is 19.4. The largest absolute Gasteiger partial charge is 0.573 e. The Bertz CT molecular complexity index is 3160. The molecule has 0 saturated carbocycles. The SMILES string of the molecule is COc1cc(OC)cc(C(=O)NC2CCCc3c2ccc(=O)n3C)c1.COc1ccc(C(=O)NC2CCCc3c2ccc(=O)n3C)cc1.Cn1c2c(ccc1=O)C(NC(=O)c1ccc(OC(F)(F)F)cc1)CCC2. The maximum atomic E-state index is 12.7. The molecule has 3 heterocycles. The van der Waals surface area contributed by atoms with Gasteiger partial charge >= 0.3 is 6.36 Å². The van der Waals surface area contributed by atoms with Crippen molar-refractivity contribution in [3.8, 4) is 23.0 Å². The monoisotopic (exact) mass is 1020 g/mol. The van der Waals surface area contributed by atoms with Crippen LogP contribution in [0, 0.1) is 0 Å². The van der Waals surface area contributed by atoms with Gasteiger partial charge in [-0.15, -0.1) is 13.2 Å². The average molecular weight is 1020 g/mol. The van der Waals surface area contributed by atoms with E-state index in [0.29, 0.717) is 22.6 Å². The summed E-state index contributed by atoms with van der Waals surface area (Å²) in [6.45, 7) is 0. The van der Waals surface area contributed by atoms with Crippen molar-refractivity contribution < 1.29 is 46.5 Å². The number of carbonyl (C=O) groups excluding carboxylic acids is 3. The molecule has 6 aromatic rings. The van der Waals surface area contributed by atoms with Crippen molar-refractivity contribution in [2.45, 2.75) is 82.3 Å². The highest BCUT2D eigenvalue weighted by Gasteiger charge is 2.32. The minimum Gasteiger partial charge on any atom is -0.497 e. The molecule has 74 heavy (non-hydrogen) atoms. The Morgan fingerprint density at radius 1 is 0.459 bits per heavy atom. The molecule has 0 radical (unpaired) electrons. The first-order valence-corrected chi connectivity index (χ1v) is 24.1. The number of hydrogen-bond acceptors (Lipinski definition) is 10. The number of benzene rings is 3. The van der Waals surface area contributed by atoms with Crippen LogP contribution in [0.4, 0.5) is 13.2 Å². The number of hydrogen-bond donors (Lipinski definition) is 3. The Morgan fingerprint density at radius 2 is 0.784 bits per heavy atom. The number of fused-ring (bicyclic) bond motifs is 3. The molecule has 0 aliphatic heterocycles. The van der Waals surface area contributed by atoms with Crippen molar-refractivity contribution in [2.24, 2.45) is 21.1 Å². The van der Waals surface area contributed by atoms with Gasteiger partial charge in [0.1, 0.15) is 23.0 Å². The van der Waals surface area contributed by atoms with E-state index < -0.39 is 12.3 Å². The van der Waals surface area contributed by atoms with Crippen LogP contribution in [0.2, 0.25) is 0 Å². The first-order valence-electron chi connectivity index (χ1n) is 24.1. The lowest BCUT2D eigenvalue weighted by molar-refractivity contribution is -0.274. The fourth-order valence-corrected chi connectivity index (χ4v) is 9.53. The molecule has 3 unspecified atom stereocenters. The van der Waals surface area contributed by atoms with Crippen molar-refractivity contribution >= 4 is 17.7 Å². The summed E-state index contributed by atoms with van der Waals surface area (Å²) in [5.74, 6) is 0.775. The van der Waals surface area contributed by atoms with Gasteiger partial charge in [0.05, 0.1) is 39.5 Å². The molecule has 0 fully saturated rings. The van der Waals surface area contributed by atoms with Gasteiger partial charge in [0.2, 0.25) is 16.7 Å². The lowest BCUT2D eigenvalue weighted by Gasteiger charge is -2.27. The number of alkyl halides is 3. The van der Waals surface area contributed by atoms with E-state index in [-0.39, 0.29) is 57.9 Å². The third-order valence-electron chi connectivity index (χ3n) is 13.5. The number of methoxy groups -OCH3 is 3. The summed E-state index contributed by atoms with van der Waals surface area (Å²) in [5, 5.41) is 9.04. The van der Waals surface area contributed by atoms with Crippen LogP contribution in [0.25, 0.3) is 0 Å². The van der Waals surface area contributed by atoms with Crippen molar-refractivity contribution in [1.29, 1.82) is 0 Å². The predicted molar refractivity (Wildman–Crippen MR) is 270 cm³/mol. The molecule has 3 amide bonds. The van der Waals surface area contributed by atoms with Crippen LogP contribution >= 0.6 is 0 Å². The Labute approximate surface area is 425 Å². The minimum atomic E-state index is -4.77. The molecule has 19 heteroatoms. The summed E-state index contributed by atoms with van der Waals surface area (Å²) in [4.78, 5) is 73.0. The molecule has 3 aromatic carbocycles. The van der Waals surface area contributed by atoms with E-state index in [0.717, 1.165) is 109 Å². The van der Waals surface area contributed by atoms with Gasteiger partial charge in [-0.1, -0.05) is 0 Å². The van der Waals surface area contributed by atoms with Crippen LogP contribution in [0.5, 0.6) is 23.0 Å². The van der Waals surface area contributed by atoms with Gasteiger partial charge in [-0.3, -0.25) is 28.8 Å². The molecule has 3 N–H and O–H groups in total. The molecule has 0 bridgehead atoms. The van der Waals surface area contributed by atoms with Crippen molar-refractivity contribution in [2.75, 3.05) is 21.3 Å². The summed E-state index contributed by atoms with van der Waals surface area (Å²) in [7, 11) is 9.96. The highest BCUT2D eigenvalue weighted by molar-refractivity contribution is 5.96. The second-order valence-corrected chi connectivity index (χ2v) is 18.1. The number of nitrogens with one attached hydrogen (secondary N) is 3. The van der Waals surface area contributed by atoms with Crippen molar-refractivity contribution in [3.63, 3.8) is 0 Å². The van der Waals surface area contributed by atoms with Gasteiger partial charge in [-0.05, 0) is 153 Å². The van der Waals surface area contributed by atoms with Gasteiger partial charge in [-0.2, -0.15) is 0 Å². The molecule has 9 rings (SSSR count). The molecular formula is C55H59F3N6O10. The van der Waals surface area contributed by atoms with Crippen LogP contribution in [-0.2, 0) is 40.4 Å². The first kappa shape index (κ1) is 53.7. The normalized spacial score (nSPS) is 16.4. The molecule has 0 saturated heterocycles. The van der Waals surface area contributed by atoms with Crippen LogP contribution in [0.15, 0.2) is 118 Å². The van der Waals surface area contributed by atoms with Gasteiger partial charge in [0.15, 0.2) is 0 Å². The van der Waals surface area contributed by atoms with Crippen molar-refractivity contribution in [3.05, 3.63) is 185 Å². The van der Waals surface area contributed by atoms with Gasteiger partial charge in [0, 0.05) is 79.2 Å². The van der Waals surface area contributed by atoms with E-state index >= 15 is 0 Å². The number of carbonyl (C=O) groups is 3. The van der Waals surface area contributed by atoms with Gasteiger partial charge in [0.25, 0.3) is 17.7 Å². The Kier molecular flexibility index (Phi) is 17.2. The molecule has 0 spiro atoms. The standard InChI is InChI=1S/C19H22N2O4.C18H17F3N2O3.C18H20N2O3/c1-21-17-6-4-5-16(15(17)7-8-18(21)22)20-19(23)12-9-13(24-2)11-14(10-12)25-3;1-23-15-4-2-3-14(13(15)9-10-16(23)24)22-17(25)11-5-7-12(8-6-11)26-18(19,20)21;1-20-16-5-3-4-15(14(16)10-11-17(20)21)19-18(22)12-6-8-13(23-2)9-7-12/h7-11,16H,4-6H2,1-3H3,(H,20,23);5-10,14H,2-4H2,1H3,(H,22,25);6-11,15H,3-5H2,1-2H3,(H,19,22). The molecule has 16 nitrogen and oxygen atoms in total. The molecular weight excluding hydrogens is 962 g/mol. The number of amides is 3. The molecule has 390 valence electrons. The summed E-state index contributed by atoms with van der Waals surface area (Å²) < 4.78 is 60.8. The quantitative estimate of drug-likeness (QED) is 0.124. The lowest BCUT2D eigenvalue weighted by atomic mass is 9.90. The molecule has 3 aliphatic carbocycles. The van der Waals surface area contributed by atoms with Crippen molar-refractivity contribution in [1.82, 2.24) is 29.7 Å². The summed E-state index contributed by atoms with van der Waals surface area (Å²) in [5.41, 5.74) is 7.03. The van der Waals surface area contributed by atoms with Gasteiger partial charge in [-0.25, -0.2) is 0 Å². The van der Waals surface area contributed by atoms with E-state index in [1.165, 1.54) is 18.2 Å². The minimum absolute atomic E-state index is 0.00844. The second kappa shape index (κ2) is 23.6. The van der Waals surface area contributed by atoms with E-state index in [1.54, 1.807) is 117 Å². The number of aromatic nitrogens is 3. The van der Waals surface area contributed by atoms with Gasteiger partial charge < -0.3 is 48.6 Å². The first-order chi connectivity index (χ1) is 35.4. The smallest absolute Gasteiger partial charge is 0.497 e.